The maximum absolute atomic E-state index is 9.47. The van der Waals surface area contributed by atoms with Gasteiger partial charge in [0.25, 0.3) is 6.33 Å². The van der Waals surface area contributed by atoms with Gasteiger partial charge in [0.15, 0.2) is 0 Å². The Morgan fingerprint density at radius 1 is 0.507 bits per heavy atom. The van der Waals surface area contributed by atoms with E-state index in [0.29, 0.717) is 21.8 Å². The molecule has 0 fully saturated rings. The summed E-state index contributed by atoms with van der Waals surface area (Å²) in [6, 6.07) is 17.1. The van der Waals surface area contributed by atoms with Crippen LogP contribution in [0.2, 0.25) is 0 Å². The number of ether oxygens (including phenoxy) is 1. The van der Waals surface area contributed by atoms with E-state index in [1.54, 1.807) is 34.9 Å². The molecule has 0 saturated carbocycles. The Hall–Kier alpha value is -8.89. The second-order valence-corrected chi connectivity index (χ2v) is 16.7. The Labute approximate surface area is 492 Å². The first-order valence-corrected chi connectivity index (χ1v) is 22.6. The van der Waals surface area contributed by atoms with Crippen LogP contribution in [0.5, 0.6) is 11.5 Å². The molecule has 3 heterocycles. The van der Waals surface area contributed by atoms with Crippen LogP contribution in [0.1, 0.15) is 56.4 Å². The molecular weight excluding hydrogens is 1100 g/mol. The van der Waals surface area contributed by atoms with Gasteiger partial charge in [-0.3, -0.25) is 4.57 Å². The molecule has 0 amide bonds. The van der Waals surface area contributed by atoms with E-state index in [1.165, 1.54) is 81.9 Å². The third-order valence-electron chi connectivity index (χ3n) is 12.3. The molecule has 362 valence electrons. The van der Waals surface area contributed by atoms with Crippen molar-refractivity contribution in [3.05, 3.63) is 271 Å². The Morgan fingerprint density at radius 2 is 1.12 bits per heavy atom. The zero-order chi connectivity index (χ0) is 74.6. The van der Waals surface area contributed by atoms with Crippen molar-refractivity contribution in [2.75, 3.05) is 0 Å². The topological polar surface area (TPSA) is 35.9 Å². The summed E-state index contributed by atoms with van der Waals surface area (Å²) < 4.78 is 266. The maximum atomic E-state index is 9.47. The quantitative estimate of drug-likeness (QED) is 0.101. The summed E-state index contributed by atoms with van der Waals surface area (Å²) in [5.41, 5.74) is -4.27. The van der Waals surface area contributed by atoms with E-state index in [1.807, 2.05) is 6.07 Å². The van der Waals surface area contributed by atoms with Crippen LogP contribution in [-0.4, -0.2) is 14.1 Å². The molecule has 0 saturated heterocycles. The zero-order valence-corrected chi connectivity index (χ0v) is 40.8. The first kappa shape index (κ1) is 24.9. The molecule has 0 spiro atoms. The molecule has 0 radical (unpaired) electrons. The van der Waals surface area contributed by atoms with Crippen molar-refractivity contribution in [3.8, 4) is 84.3 Å². The van der Waals surface area contributed by atoms with Crippen LogP contribution in [0.4, 0.5) is 0 Å². The molecule has 13 aromatic rings. The Morgan fingerprint density at radius 3 is 1.79 bits per heavy atom. The van der Waals surface area contributed by atoms with Crippen molar-refractivity contribution < 1.29 is 70.1 Å². The second kappa shape index (κ2) is 19.8. The van der Waals surface area contributed by atoms with Crippen LogP contribution < -0.4 is 9.30 Å². The fourth-order valence-electron chi connectivity index (χ4n) is 9.10. The summed E-state index contributed by atoms with van der Waals surface area (Å²) in [7, 11) is 0. The van der Waals surface area contributed by atoms with Crippen molar-refractivity contribution in [2.24, 2.45) is 0 Å². The molecule has 5 nitrogen and oxygen atoms in total. The summed E-state index contributed by atoms with van der Waals surface area (Å²) >= 11 is 0. The monoisotopic (exact) mass is 1170 g/mol. The molecule has 0 aliphatic heterocycles. The van der Waals surface area contributed by atoms with Gasteiger partial charge in [0.05, 0.1) is 44.1 Å². The van der Waals surface area contributed by atoms with Crippen LogP contribution >= 0.6 is 0 Å². The summed E-state index contributed by atoms with van der Waals surface area (Å²) in [4.78, 5) is 4.65. The third kappa shape index (κ3) is 8.65. The van der Waals surface area contributed by atoms with Crippen LogP contribution in [0, 0.1) is 39.0 Å². The van der Waals surface area contributed by atoms with E-state index in [9.17, 15) is 5.48 Å². The average molecular weight is 1170 g/mol. The average Bonchev–Trinajstić information content (AvgIpc) is 1.43. The number of pyridine rings is 1. The van der Waals surface area contributed by atoms with Crippen LogP contribution in [0.15, 0.2) is 236 Å². The Balaban J connectivity index is 0.0000102. The van der Waals surface area contributed by atoms with Crippen LogP contribution in [0.3, 0.4) is 0 Å². The van der Waals surface area contributed by atoms with Gasteiger partial charge in [0.2, 0.25) is 0 Å². The van der Waals surface area contributed by atoms with Gasteiger partial charge in [-0.15, -0.1) is 29.7 Å². The van der Waals surface area contributed by atoms with Crippen molar-refractivity contribution in [2.45, 2.75) is 20.6 Å². The fourth-order valence-corrected chi connectivity index (χ4v) is 9.10. The molecule has 0 aliphatic carbocycles. The number of para-hydroxylation sites is 1. The maximum Gasteiger partial charge on any atom is 0.268 e. The molecule has 75 heavy (non-hydrogen) atoms. The van der Waals surface area contributed by atoms with Gasteiger partial charge in [-0.2, -0.15) is 18.2 Å². The SMILES string of the molecule is [2H]c1c([2H])c([2H])c(-c2cc(-c3c([2H])c([2H])c([2H])c([2H])c3[2H])c(-[n+]3[c-]n(-c4[c-]c(Oc5[c-]c6c(cc5)c5ccccc5n6-c5cc(C([2H])([2H])[2H])c(-c6c([2H])c([2H])c([2H])c([2H])c6[2H])cn5)ccc4)c4cc(-c5c(C([2H])([2H])[2H])cccc5C([2H])([2H])[2H])ccc43)c(-c3c([2H])c([2H])c([2H])c([2H])c3[2H])c2)c([2H])c1[2H].[Pt]. The first-order chi connectivity index (χ1) is 48.3. The predicted octanol–water partition coefficient (Wildman–Crippen LogP) is 16.8. The van der Waals surface area contributed by atoms with Gasteiger partial charge >= 0.3 is 0 Å². The summed E-state index contributed by atoms with van der Waals surface area (Å²) in [6.07, 6.45) is 4.36. The Kier molecular flexibility index (Phi) is 6.59. The van der Waals surface area contributed by atoms with Crippen molar-refractivity contribution >= 4 is 32.8 Å². The van der Waals surface area contributed by atoms with Gasteiger partial charge in [-0.25, -0.2) is 4.98 Å². The van der Waals surface area contributed by atoms with Crippen molar-refractivity contribution in [3.63, 3.8) is 0 Å². The smallest absolute Gasteiger partial charge is 0.268 e. The number of benzene rings is 10. The number of nitrogens with zero attached hydrogens (tertiary/aromatic N) is 4. The van der Waals surface area contributed by atoms with E-state index in [2.05, 4.69) is 23.4 Å². The molecule has 3 aromatic heterocycles. The minimum atomic E-state index is -2.93. The van der Waals surface area contributed by atoms with Crippen LogP contribution in [0.25, 0.3) is 106 Å². The summed E-state index contributed by atoms with van der Waals surface area (Å²) in [6.45, 7) is -8.78. The van der Waals surface area contributed by atoms with E-state index < -0.39 is 169 Å². The predicted molar refractivity (Wildman–Crippen MR) is 301 cm³/mol. The summed E-state index contributed by atoms with van der Waals surface area (Å²) in [5.74, 6) is 0.0120. The molecule has 0 N–H and O–H groups in total. The van der Waals surface area contributed by atoms with E-state index in [0.717, 1.165) is 6.20 Å². The number of rotatable bonds is 10. The number of hydrogen-bond donors (Lipinski definition) is 0. The molecule has 13 rings (SSSR count). The van der Waals surface area contributed by atoms with E-state index >= 15 is 0 Å². The summed E-state index contributed by atoms with van der Waals surface area (Å²) in [5, 5.41) is 1.24. The number of aromatic nitrogens is 4. The van der Waals surface area contributed by atoms with E-state index in [-0.39, 0.29) is 105 Å². The number of imidazole rings is 1. The van der Waals surface area contributed by atoms with Crippen LogP contribution in [-0.2, 0) is 21.1 Å². The van der Waals surface area contributed by atoms with Crippen molar-refractivity contribution in [1.29, 1.82) is 0 Å². The minimum absolute atomic E-state index is 0. The zero-order valence-electron chi connectivity index (χ0n) is 67.5. The number of fused-ring (bicyclic) bond motifs is 4. The minimum Gasteiger partial charge on any atom is -0.510 e. The molecule has 6 heteroatoms. The molecule has 0 bridgehead atoms. The standard InChI is InChI=1S/C69H48N4O.Pt/c1-46-20-18-21-47(2)68(46)53-34-37-64-66(41-53)71(45-72(64)69-60(50-24-10-5-11-25-50)39-54(49-22-8-4-9-23-49)40-61(69)51-26-12-6-13-27-51)55-30-19-31-56(42-55)74-57-35-36-59-58-32-16-17-33-63(58)73(65(59)43-57)67-38-48(3)62(44-70-67)52-28-14-7-15-29-52;/h4-41,44H,1-3H3;/q-2;/i1D3,2D3,3D3,4D,5D,6D,7D,8D,9D,10D,11D,12D,13D,14D,15D,22D,23D,24D,25D,26D,27D,28D,29D;. The normalized spacial score (nSPS) is 17.3. The Bertz CT molecular complexity index is 5600. The number of hydrogen-bond acceptors (Lipinski definition) is 2. The first-order valence-electron chi connectivity index (χ1n) is 37.1. The van der Waals surface area contributed by atoms with Gasteiger partial charge in [0.1, 0.15) is 5.82 Å². The molecule has 0 unspecified atom stereocenters. The second-order valence-electron chi connectivity index (χ2n) is 16.7. The fraction of sp³-hybridized carbons (Fsp3) is 0.0435. The van der Waals surface area contributed by atoms with Crippen molar-refractivity contribution in [1.82, 2.24) is 14.1 Å². The van der Waals surface area contributed by atoms with Gasteiger partial charge in [-0.05, 0) is 129 Å². The molecular formula is C69H48N4OPt-2. The third-order valence-corrected chi connectivity index (χ3v) is 12.3. The number of aryl methyl sites for hydroxylation is 3. The largest absolute Gasteiger partial charge is 0.510 e. The molecule has 0 aliphatic rings. The molecule has 0 atom stereocenters. The van der Waals surface area contributed by atoms with E-state index in [4.69, 9.17) is 39.0 Å². The molecule has 10 aromatic carbocycles. The van der Waals surface area contributed by atoms with Gasteiger partial charge in [0, 0.05) is 62.2 Å². The van der Waals surface area contributed by atoms with Gasteiger partial charge in [-0.1, -0.05) is 175 Å². The van der Waals surface area contributed by atoms with Gasteiger partial charge < -0.3 is 13.9 Å².